The minimum absolute atomic E-state index is 0.104. The fraction of sp³-hybridized carbons (Fsp3) is 0.552. The van der Waals surface area contributed by atoms with Gasteiger partial charge in [0.2, 0.25) is 0 Å². The van der Waals surface area contributed by atoms with Crippen molar-refractivity contribution < 1.29 is 14.6 Å². The Labute approximate surface area is 221 Å². The van der Waals surface area contributed by atoms with Gasteiger partial charge in [-0.25, -0.2) is 4.79 Å². The number of anilines is 1. The topological polar surface area (TPSA) is 58.6 Å². The number of benzene rings is 2. The number of unbranched alkanes of at least 4 members (excludes halogenated alkanes) is 12. The Bertz CT molecular complexity index is 917. The van der Waals surface area contributed by atoms with Crippen LogP contribution in [0, 0.1) is 6.92 Å². The van der Waals surface area contributed by atoms with Gasteiger partial charge in [0.1, 0.15) is 5.75 Å². The van der Waals surface area contributed by atoms with Crippen molar-refractivity contribution >= 4 is 35.0 Å². The molecule has 2 N–H and O–H groups in total. The zero-order valence-corrected chi connectivity index (χ0v) is 22.8. The highest BCUT2D eigenvalue weighted by Gasteiger charge is 2.15. The van der Waals surface area contributed by atoms with Crippen molar-refractivity contribution in [3.05, 3.63) is 51.5 Å². The first kappa shape index (κ1) is 29.3. The maximum atomic E-state index is 12.3. The molecule has 2 aromatic carbocycles. The van der Waals surface area contributed by atoms with Crippen LogP contribution in [0.4, 0.5) is 10.5 Å². The lowest BCUT2D eigenvalue weighted by Gasteiger charge is -2.12. The number of phenols is 1. The third-order valence-corrected chi connectivity index (χ3v) is 7.19. The molecule has 0 aromatic heterocycles. The summed E-state index contributed by atoms with van der Waals surface area (Å²) in [4.78, 5) is 12.3. The number of aryl methyl sites for hydroxylation is 1. The van der Waals surface area contributed by atoms with Gasteiger partial charge in [-0.2, -0.15) is 0 Å². The molecule has 0 fully saturated rings. The third-order valence-electron chi connectivity index (χ3n) is 6.34. The van der Waals surface area contributed by atoms with E-state index < -0.39 is 6.09 Å². The quantitative estimate of drug-likeness (QED) is 0.170. The first-order valence-corrected chi connectivity index (χ1v) is 13.9. The van der Waals surface area contributed by atoms with Crippen LogP contribution in [-0.4, -0.2) is 11.2 Å². The van der Waals surface area contributed by atoms with Crippen LogP contribution >= 0.6 is 23.2 Å². The molecule has 0 aliphatic heterocycles. The van der Waals surface area contributed by atoms with Gasteiger partial charge in [0.25, 0.3) is 0 Å². The molecule has 2 rings (SSSR count). The molecular weight excluding hydrogens is 481 g/mol. The fourth-order valence-corrected chi connectivity index (χ4v) is 4.61. The Morgan fingerprint density at radius 3 is 2.06 bits per heavy atom. The summed E-state index contributed by atoms with van der Waals surface area (Å²) >= 11 is 12.1. The number of hydrogen-bond donors (Lipinski definition) is 2. The summed E-state index contributed by atoms with van der Waals surface area (Å²) in [6.07, 6.45) is 17.6. The Kier molecular flexibility index (Phi) is 14.0. The first-order chi connectivity index (χ1) is 16.9. The van der Waals surface area contributed by atoms with Gasteiger partial charge in [-0.1, -0.05) is 119 Å². The molecule has 2 aromatic rings. The van der Waals surface area contributed by atoms with E-state index in [2.05, 4.69) is 18.3 Å². The van der Waals surface area contributed by atoms with E-state index in [1.165, 1.54) is 83.1 Å². The maximum absolute atomic E-state index is 12.3. The van der Waals surface area contributed by atoms with E-state index in [4.69, 9.17) is 27.9 Å². The molecular formula is C29H41Cl2NO3. The summed E-state index contributed by atoms with van der Waals surface area (Å²) in [5.41, 5.74) is 1.80. The van der Waals surface area contributed by atoms with Crippen molar-refractivity contribution in [3.8, 4) is 11.5 Å². The number of rotatable bonds is 16. The van der Waals surface area contributed by atoms with Gasteiger partial charge < -0.3 is 9.84 Å². The van der Waals surface area contributed by atoms with Gasteiger partial charge >= 0.3 is 6.09 Å². The van der Waals surface area contributed by atoms with E-state index in [1.54, 1.807) is 13.0 Å². The maximum Gasteiger partial charge on any atom is 0.417 e. The lowest BCUT2D eigenvalue weighted by molar-refractivity contribution is 0.215. The highest BCUT2D eigenvalue weighted by Crippen LogP contribution is 2.38. The summed E-state index contributed by atoms with van der Waals surface area (Å²) in [6, 6.07) is 9.01. The number of ether oxygens (including phenoxy) is 1. The second-order valence-electron chi connectivity index (χ2n) is 9.35. The van der Waals surface area contributed by atoms with Gasteiger partial charge in [0.05, 0.1) is 10.7 Å². The third kappa shape index (κ3) is 11.1. The smallest absolute Gasteiger partial charge is 0.417 e. The molecule has 194 valence electrons. The van der Waals surface area contributed by atoms with E-state index >= 15 is 0 Å². The molecule has 35 heavy (non-hydrogen) atoms. The zero-order valence-electron chi connectivity index (χ0n) is 21.3. The lowest BCUT2D eigenvalue weighted by atomic mass is 10.0. The van der Waals surface area contributed by atoms with Crippen LogP contribution in [0.15, 0.2) is 30.3 Å². The number of carbonyl (C=O) groups is 1. The number of phenolic OH excluding ortho intramolecular Hbond substituents is 1. The predicted molar refractivity (Wildman–Crippen MR) is 148 cm³/mol. The number of halogens is 2. The summed E-state index contributed by atoms with van der Waals surface area (Å²) in [7, 11) is 0. The summed E-state index contributed by atoms with van der Waals surface area (Å²) in [6.45, 7) is 3.96. The van der Waals surface area contributed by atoms with Crippen molar-refractivity contribution in [1.82, 2.24) is 0 Å². The van der Waals surface area contributed by atoms with Crippen molar-refractivity contribution in [2.75, 3.05) is 5.32 Å². The van der Waals surface area contributed by atoms with Crippen molar-refractivity contribution in [2.24, 2.45) is 0 Å². The SMILES string of the molecule is CCCCCCCCCCCCCCCc1cccc(OC(=O)Nc2cc(Cl)c(C)c(Cl)c2O)c1. The number of aromatic hydroxyl groups is 1. The molecule has 4 nitrogen and oxygen atoms in total. The van der Waals surface area contributed by atoms with Crippen molar-refractivity contribution in [1.29, 1.82) is 0 Å². The normalized spacial score (nSPS) is 11.0. The second-order valence-corrected chi connectivity index (χ2v) is 10.1. The van der Waals surface area contributed by atoms with Crippen LogP contribution in [0.3, 0.4) is 0 Å². The van der Waals surface area contributed by atoms with Crippen LogP contribution in [0.5, 0.6) is 11.5 Å². The standard InChI is InChI=1S/C29H41Cl2NO3/c1-3-4-5-6-7-8-9-10-11-12-13-14-15-17-23-18-16-19-24(20-23)35-29(34)32-26-21-25(30)22(2)27(31)28(26)33/h16,18-21,33H,3-15,17H2,1-2H3,(H,32,34). The molecule has 0 saturated carbocycles. The minimum Gasteiger partial charge on any atom is -0.504 e. The highest BCUT2D eigenvalue weighted by atomic mass is 35.5. The predicted octanol–water partition coefficient (Wildman–Crippen LogP) is 10.3. The summed E-state index contributed by atoms with van der Waals surface area (Å²) < 4.78 is 5.40. The molecule has 0 unspecified atom stereocenters. The molecule has 0 atom stereocenters. The molecule has 0 aliphatic rings. The van der Waals surface area contributed by atoms with Gasteiger partial charge in [-0.05, 0) is 49.1 Å². The molecule has 0 spiro atoms. The van der Waals surface area contributed by atoms with Crippen LogP contribution < -0.4 is 10.1 Å². The molecule has 0 aliphatic carbocycles. The monoisotopic (exact) mass is 521 g/mol. The molecule has 0 saturated heterocycles. The second kappa shape index (κ2) is 16.7. The minimum atomic E-state index is -0.714. The fourth-order valence-electron chi connectivity index (χ4n) is 4.15. The van der Waals surface area contributed by atoms with Crippen LogP contribution in [0.25, 0.3) is 0 Å². The Balaban J connectivity index is 1.63. The molecule has 1 amide bonds. The molecule has 6 heteroatoms. The van der Waals surface area contributed by atoms with Crippen molar-refractivity contribution in [2.45, 2.75) is 104 Å². The van der Waals surface area contributed by atoms with E-state index in [1.807, 2.05) is 12.1 Å². The number of carbonyl (C=O) groups excluding carboxylic acids is 1. The first-order valence-electron chi connectivity index (χ1n) is 13.2. The van der Waals surface area contributed by atoms with Crippen LogP contribution in [-0.2, 0) is 6.42 Å². The van der Waals surface area contributed by atoms with E-state index in [0.29, 0.717) is 16.3 Å². The van der Waals surface area contributed by atoms with E-state index in [-0.39, 0.29) is 16.5 Å². The lowest BCUT2D eigenvalue weighted by Crippen LogP contribution is -2.17. The van der Waals surface area contributed by atoms with Gasteiger partial charge in [-0.15, -0.1) is 0 Å². The number of hydrogen-bond acceptors (Lipinski definition) is 3. The average molecular weight is 523 g/mol. The zero-order chi connectivity index (χ0) is 25.5. The summed E-state index contributed by atoms with van der Waals surface area (Å²) in [5.74, 6) is 0.222. The average Bonchev–Trinajstić information content (AvgIpc) is 2.84. The van der Waals surface area contributed by atoms with E-state index in [9.17, 15) is 9.90 Å². The van der Waals surface area contributed by atoms with Crippen LogP contribution in [0.1, 0.15) is 102 Å². The van der Waals surface area contributed by atoms with Crippen LogP contribution in [0.2, 0.25) is 10.0 Å². The largest absolute Gasteiger partial charge is 0.504 e. The van der Waals surface area contributed by atoms with Crippen molar-refractivity contribution in [3.63, 3.8) is 0 Å². The molecule has 0 bridgehead atoms. The summed E-state index contributed by atoms with van der Waals surface area (Å²) in [5, 5.41) is 13.1. The Morgan fingerprint density at radius 2 is 1.46 bits per heavy atom. The number of amides is 1. The molecule has 0 radical (unpaired) electrons. The van der Waals surface area contributed by atoms with Gasteiger partial charge in [-0.3, -0.25) is 5.32 Å². The Hall–Kier alpha value is -1.91. The number of nitrogens with one attached hydrogen (secondary N) is 1. The van der Waals surface area contributed by atoms with E-state index in [0.717, 1.165) is 18.4 Å². The Morgan fingerprint density at radius 1 is 0.886 bits per heavy atom. The molecule has 0 heterocycles. The highest BCUT2D eigenvalue weighted by molar-refractivity contribution is 6.37. The van der Waals surface area contributed by atoms with Gasteiger partial charge in [0, 0.05) is 5.02 Å². The van der Waals surface area contributed by atoms with Gasteiger partial charge in [0.15, 0.2) is 5.75 Å².